The third kappa shape index (κ3) is 4.59. The maximum atomic E-state index is 12.2. The minimum atomic E-state index is -0.0629. The number of amides is 1. The number of hydrogen-bond donors (Lipinski definition) is 2. The minimum absolute atomic E-state index is 0.0629. The van der Waals surface area contributed by atoms with E-state index in [9.17, 15) is 4.79 Å². The second kappa shape index (κ2) is 7.81. The average molecular weight is 303 g/mol. The van der Waals surface area contributed by atoms with Crippen molar-refractivity contribution in [3.05, 3.63) is 64.7 Å². The Balaban J connectivity index is 2.04. The van der Waals surface area contributed by atoms with Crippen LogP contribution in [-0.2, 0) is 17.8 Å². The first kappa shape index (κ1) is 15.5. The summed E-state index contributed by atoms with van der Waals surface area (Å²) < 4.78 is 0. The van der Waals surface area contributed by atoms with Gasteiger partial charge in [-0.2, -0.15) is 0 Å². The van der Waals surface area contributed by atoms with Crippen molar-refractivity contribution in [3.63, 3.8) is 0 Å². The molecule has 2 N–H and O–H groups in total. The molecule has 2 aromatic carbocycles. The normalized spacial score (nSPS) is 10.4. The zero-order valence-electron chi connectivity index (χ0n) is 12.0. The Kier molecular flexibility index (Phi) is 5.78. The number of halogens is 1. The summed E-state index contributed by atoms with van der Waals surface area (Å²) in [5.74, 6) is -0.0629. The van der Waals surface area contributed by atoms with E-state index in [-0.39, 0.29) is 12.3 Å². The SMILES string of the molecule is CCNCc1ccccc1NC(=O)Cc1ccccc1Cl. The van der Waals surface area contributed by atoms with Crippen LogP contribution < -0.4 is 10.6 Å². The first-order valence-electron chi connectivity index (χ1n) is 7.02. The summed E-state index contributed by atoms with van der Waals surface area (Å²) in [6, 6.07) is 15.2. The number of nitrogens with one attached hydrogen (secondary N) is 2. The predicted molar refractivity (Wildman–Crippen MR) is 87.6 cm³/mol. The van der Waals surface area contributed by atoms with Crippen molar-refractivity contribution >= 4 is 23.2 Å². The number of carbonyl (C=O) groups excluding carboxylic acids is 1. The molecule has 0 heterocycles. The highest BCUT2D eigenvalue weighted by Crippen LogP contribution is 2.18. The Morgan fingerprint density at radius 1 is 1.05 bits per heavy atom. The molecule has 1 amide bonds. The molecule has 4 heteroatoms. The van der Waals surface area contributed by atoms with E-state index in [1.54, 1.807) is 6.07 Å². The van der Waals surface area contributed by atoms with E-state index in [4.69, 9.17) is 11.6 Å². The molecule has 2 rings (SSSR count). The van der Waals surface area contributed by atoms with E-state index in [1.165, 1.54) is 0 Å². The van der Waals surface area contributed by atoms with Crippen LogP contribution in [0.4, 0.5) is 5.69 Å². The van der Waals surface area contributed by atoms with Crippen molar-refractivity contribution in [3.8, 4) is 0 Å². The van der Waals surface area contributed by atoms with Crippen molar-refractivity contribution in [2.75, 3.05) is 11.9 Å². The number of benzene rings is 2. The summed E-state index contributed by atoms with van der Waals surface area (Å²) in [4.78, 5) is 12.2. The molecule has 21 heavy (non-hydrogen) atoms. The van der Waals surface area contributed by atoms with Gasteiger partial charge in [0.25, 0.3) is 0 Å². The summed E-state index contributed by atoms with van der Waals surface area (Å²) in [5.41, 5.74) is 2.75. The Morgan fingerprint density at radius 2 is 1.71 bits per heavy atom. The maximum Gasteiger partial charge on any atom is 0.228 e. The van der Waals surface area contributed by atoms with Gasteiger partial charge in [-0.1, -0.05) is 54.9 Å². The molecule has 0 aliphatic rings. The molecular formula is C17H19ClN2O. The molecule has 0 aliphatic carbocycles. The molecule has 0 spiro atoms. The van der Waals surface area contributed by atoms with Gasteiger partial charge < -0.3 is 10.6 Å². The number of anilines is 1. The highest BCUT2D eigenvalue weighted by Gasteiger charge is 2.09. The van der Waals surface area contributed by atoms with Crippen LogP contribution in [0.5, 0.6) is 0 Å². The number of rotatable bonds is 6. The molecule has 0 fully saturated rings. The Hall–Kier alpha value is -1.84. The van der Waals surface area contributed by atoms with Gasteiger partial charge >= 0.3 is 0 Å². The fourth-order valence-corrected chi connectivity index (χ4v) is 2.27. The molecule has 0 radical (unpaired) electrons. The van der Waals surface area contributed by atoms with E-state index in [0.29, 0.717) is 5.02 Å². The van der Waals surface area contributed by atoms with Crippen LogP contribution in [0.3, 0.4) is 0 Å². The van der Waals surface area contributed by atoms with Gasteiger partial charge in [-0.05, 0) is 29.8 Å². The largest absolute Gasteiger partial charge is 0.325 e. The smallest absolute Gasteiger partial charge is 0.228 e. The monoisotopic (exact) mass is 302 g/mol. The fourth-order valence-electron chi connectivity index (χ4n) is 2.07. The average Bonchev–Trinajstić information content (AvgIpc) is 2.49. The highest BCUT2D eigenvalue weighted by atomic mass is 35.5. The third-order valence-corrected chi connectivity index (χ3v) is 3.53. The second-order valence-corrected chi connectivity index (χ2v) is 5.16. The molecule has 0 saturated carbocycles. The topological polar surface area (TPSA) is 41.1 Å². The van der Waals surface area contributed by atoms with E-state index >= 15 is 0 Å². The van der Waals surface area contributed by atoms with Crippen LogP contribution in [0, 0.1) is 0 Å². The highest BCUT2D eigenvalue weighted by molar-refractivity contribution is 6.31. The van der Waals surface area contributed by atoms with Gasteiger partial charge in [-0.25, -0.2) is 0 Å². The Bertz CT molecular complexity index is 613. The number of hydrogen-bond acceptors (Lipinski definition) is 2. The molecule has 0 aliphatic heterocycles. The molecule has 2 aromatic rings. The zero-order valence-corrected chi connectivity index (χ0v) is 12.8. The van der Waals surface area contributed by atoms with Gasteiger partial charge in [0.1, 0.15) is 0 Å². The van der Waals surface area contributed by atoms with Crippen molar-refractivity contribution < 1.29 is 4.79 Å². The van der Waals surface area contributed by atoms with Crippen LogP contribution >= 0.6 is 11.6 Å². The van der Waals surface area contributed by atoms with Crippen molar-refractivity contribution in [2.45, 2.75) is 19.9 Å². The van der Waals surface area contributed by atoms with Crippen LogP contribution in [0.2, 0.25) is 5.02 Å². The van der Waals surface area contributed by atoms with Crippen LogP contribution in [-0.4, -0.2) is 12.5 Å². The summed E-state index contributed by atoms with van der Waals surface area (Å²) in [7, 11) is 0. The lowest BCUT2D eigenvalue weighted by Crippen LogP contribution is -2.18. The lowest BCUT2D eigenvalue weighted by molar-refractivity contribution is -0.115. The third-order valence-electron chi connectivity index (χ3n) is 3.17. The maximum absolute atomic E-state index is 12.2. The lowest BCUT2D eigenvalue weighted by Gasteiger charge is -2.11. The van der Waals surface area contributed by atoms with Gasteiger partial charge in [0, 0.05) is 17.3 Å². The molecule has 0 atom stereocenters. The van der Waals surface area contributed by atoms with Crippen molar-refractivity contribution in [1.29, 1.82) is 0 Å². The summed E-state index contributed by atoms with van der Waals surface area (Å²) >= 11 is 6.08. The van der Waals surface area contributed by atoms with Crippen LogP contribution in [0.1, 0.15) is 18.1 Å². The molecule has 0 unspecified atom stereocenters. The standard InChI is InChI=1S/C17H19ClN2O/c1-2-19-12-14-8-4-6-10-16(14)20-17(21)11-13-7-3-5-9-15(13)18/h3-10,19H,2,11-12H2,1H3,(H,20,21). The van der Waals surface area contributed by atoms with Crippen molar-refractivity contribution in [1.82, 2.24) is 5.32 Å². The second-order valence-electron chi connectivity index (χ2n) is 4.75. The van der Waals surface area contributed by atoms with Gasteiger partial charge in [0.2, 0.25) is 5.91 Å². The van der Waals surface area contributed by atoms with E-state index < -0.39 is 0 Å². The predicted octanol–water partition coefficient (Wildman–Crippen LogP) is 3.63. The molecular weight excluding hydrogens is 284 g/mol. The Labute approximate surface area is 130 Å². The van der Waals surface area contributed by atoms with Crippen molar-refractivity contribution in [2.24, 2.45) is 0 Å². The summed E-state index contributed by atoms with van der Waals surface area (Å²) in [6.45, 7) is 3.68. The summed E-state index contributed by atoms with van der Waals surface area (Å²) in [5, 5.41) is 6.84. The Morgan fingerprint density at radius 3 is 2.43 bits per heavy atom. The van der Waals surface area contributed by atoms with E-state index in [2.05, 4.69) is 17.6 Å². The van der Waals surface area contributed by atoms with Crippen LogP contribution in [0.15, 0.2) is 48.5 Å². The first-order valence-corrected chi connectivity index (χ1v) is 7.40. The number of para-hydroxylation sites is 1. The van der Waals surface area contributed by atoms with Gasteiger partial charge in [0.05, 0.1) is 6.42 Å². The minimum Gasteiger partial charge on any atom is -0.325 e. The van der Waals surface area contributed by atoms with E-state index in [1.807, 2.05) is 42.5 Å². The first-order chi connectivity index (χ1) is 10.2. The molecule has 0 bridgehead atoms. The van der Waals surface area contributed by atoms with Gasteiger partial charge in [-0.3, -0.25) is 4.79 Å². The van der Waals surface area contributed by atoms with Crippen LogP contribution in [0.25, 0.3) is 0 Å². The summed E-state index contributed by atoms with van der Waals surface area (Å²) in [6.07, 6.45) is 0.273. The molecule has 0 aromatic heterocycles. The van der Waals surface area contributed by atoms with E-state index in [0.717, 1.165) is 29.9 Å². The molecule has 3 nitrogen and oxygen atoms in total. The number of carbonyl (C=O) groups is 1. The van der Waals surface area contributed by atoms with Gasteiger partial charge in [-0.15, -0.1) is 0 Å². The molecule has 110 valence electrons. The zero-order chi connectivity index (χ0) is 15.1. The fraction of sp³-hybridized carbons (Fsp3) is 0.235. The lowest BCUT2D eigenvalue weighted by atomic mass is 10.1. The van der Waals surface area contributed by atoms with Gasteiger partial charge in [0.15, 0.2) is 0 Å². The quantitative estimate of drug-likeness (QED) is 0.855. The molecule has 0 saturated heterocycles.